The molecule has 0 aromatic heterocycles. The molecule has 0 heterocycles. The second kappa shape index (κ2) is 9.87. The first-order chi connectivity index (χ1) is 11.2. The Morgan fingerprint density at radius 1 is 1.33 bits per heavy atom. The van der Waals surface area contributed by atoms with E-state index in [2.05, 4.69) is 5.32 Å². The summed E-state index contributed by atoms with van der Waals surface area (Å²) in [7, 11) is 0. The van der Waals surface area contributed by atoms with Crippen LogP contribution in [-0.4, -0.2) is 31.4 Å². The Bertz CT molecular complexity index is 529. The summed E-state index contributed by atoms with van der Waals surface area (Å²) in [6, 6.07) is 5.76. The van der Waals surface area contributed by atoms with Gasteiger partial charge in [-0.25, -0.2) is 4.79 Å². The number of aryl methyl sites for hydroxylation is 1. The first-order valence-corrected chi connectivity index (χ1v) is 8.63. The smallest absolute Gasteiger partial charge is 0.407 e. The van der Waals surface area contributed by atoms with Gasteiger partial charge in [0.1, 0.15) is 0 Å². The van der Waals surface area contributed by atoms with Crippen molar-refractivity contribution in [3.63, 3.8) is 0 Å². The second-order valence-corrected chi connectivity index (χ2v) is 7.24. The lowest BCUT2D eigenvalue weighted by atomic mass is 10.00. The fraction of sp³-hybridized carbons (Fsp3) is 0.611. The van der Waals surface area contributed by atoms with Gasteiger partial charge in [-0.3, -0.25) is 0 Å². The average Bonchev–Trinajstić information content (AvgIpc) is 2.47. The Balaban J connectivity index is 2.55. The SMILES string of the molecule is Cc1ccc(Cl)cc1C(CCCOC(=O)NC(C)(C)C)OCCN. The maximum atomic E-state index is 11.6. The molecule has 136 valence electrons. The molecule has 0 radical (unpaired) electrons. The van der Waals surface area contributed by atoms with Crippen molar-refractivity contribution in [3.8, 4) is 0 Å². The standard InChI is InChI=1S/C18H29ClN2O3/c1-13-7-8-14(19)12-15(13)16(23-11-9-20)6-5-10-24-17(22)21-18(2,3)4/h7-8,12,16H,5-6,9-11,20H2,1-4H3,(H,21,22). The summed E-state index contributed by atoms with van der Waals surface area (Å²) < 4.78 is 11.1. The molecule has 1 amide bonds. The number of rotatable bonds is 8. The van der Waals surface area contributed by atoms with Crippen molar-refractivity contribution in [2.75, 3.05) is 19.8 Å². The van der Waals surface area contributed by atoms with Crippen molar-refractivity contribution in [1.82, 2.24) is 5.32 Å². The molecule has 6 heteroatoms. The number of carbonyl (C=O) groups is 1. The van der Waals surface area contributed by atoms with Crippen LogP contribution in [0.3, 0.4) is 0 Å². The van der Waals surface area contributed by atoms with Crippen molar-refractivity contribution in [3.05, 3.63) is 34.3 Å². The minimum atomic E-state index is -0.402. The van der Waals surface area contributed by atoms with Gasteiger partial charge in [0.2, 0.25) is 0 Å². The summed E-state index contributed by atoms with van der Waals surface area (Å²) in [5, 5.41) is 3.44. The number of hydrogen-bond acceptors (Lipinski definition) is 4. The summed E-state index contributed by atoms with van der Waals surface area (Å²) in [6.45, 7) is 9.02. The van der Waals surface area contributed by atoms with E-state index in [-0.39, 0.29) is 11.6 Å². The monoisotopic (exact) mass is 356 g/mol. The zero-order valence-electron chi connectivity index (χ0n) is 15.0. The highest BCUT2D eigenvalue weighted by molar-refractivity contribution is 6.30. The quantitative estimate of drug-likeness (QED) is 0.691. The van der Waals surface area contributed by atoms with Crippen molar-refractivity contribution in [1.29, 1.82) is 0 Å². The van der Waals surface area contributed by atoms with Gasteiger partial charge >= 0.3 is 6.09 Å². The van der Waals surface area contributed by atoms with E-state index in [4.69, 9.17) is 26.8 Å². The van der Waals surface area contributed by atoms with Gasteiger partial charge in [-0.2, -0.15) is 0 Å². The molecule has 5 nitrogen and oxygen atoms in total. The van der Waals surface area contributed by atoms with E-state index < -0.39 is 6.09 Å². The Labute approximate surface area is 149 Å². The minimum absolute atomic E-state index is 0.110. The van der Waals surface area contributed by atoms with Crippen molar-refractivity contribution >= 4 is 17.7 Å². The molecule has 1 atom stereocenters. The van der Waals surface area contributed by atoms with Gasteiger partial charge in [0, 0.05) is 17.1 Å². The highest BCUT2D eigenvalue weighted by Gasteiger charge is 2.17. The van der Waals surface area contributed by atoms with Crippen LogP contribution in [0.25, 0.3) is 0 Å². The Morgan fingerprint density at radius 3 is 2.67 bits per heavy atom. The zero-order chi connectivity index (χ0) is 18.2. The molecule has 24 heavy (non-hydrogen) atoms. The van der Waals surface area contributed by atoms with Crippen LogP contribution in [0.15, 0.2) is 18.2 Å². The third-order valence-corrected chi connectivity index (χ3v) is 3.58. The molecule has 1 unspecified atom stereocenters. The number of halogens is 1. The largest absolute Gasteiger partial charge is 0.450 e. The van der Waals surface area contributed by atoms with Gasteiger partial charge in [0.25, 0.3) is 0 Å². The van der Waals surface area contributed by atoms with Gasteiger partial charge in [-0.1, -0.05) is 17.7 Å². The van der Waals surface area contributed by atoms with Gasteiger partial charge < -0.3 is 20.5 Å². The number of alkyl carbamates (subject to hydrolysis) is 1. The Kier molecular flexibility index (Phi) is 8.53. The number of nitrogens with two attached hydrogens (primary N) is 1. The highest BCUT2D eigenvalue weighted by Crippen LogP contribution is 2.28. The van der Waals surface area contributed by atoms with Gasteiger partial charge in [0.15, 0.2) is 0 Å². The predicted molar refractivity (Wildman–Crippen MR) is 97.4 cm³/mol. The van der Waals surface area contributed by atoms with Crippen LogP contribution >= 0.6 is 11.6 Å². The highest BCUT2D eigenvalue weighted by atomic mass is 35.5. The third kappa shape index (κ3) is 7.99. The molecule has 0 spiro atoms. The van der Waals surface area contributed by atoms with Crippen LogP contribution in [-0.2, 0) is 9.47 Å². The minimum Gasteiger partial charge on any atom is -0.450 e. The summed E-state index contributed by atoms with van der Waals surface area (Å²) in [5.41, 5.74) is 7.41. The molecule has 0 saturated heterocycles. The van der Waals surface area contributed by atoms with E-state index in [1.54, 1.807) is 0 Å². The van der Waals surface area contributed by atoms with Crippen LogP contribution in [0.4, 0.5) is 4.79 Å². The maximum Gasteiger partial charge on any atom is 0.407 e. The molecular weight excluding hydrogens is 328 g/mol. The van der Waals surface area contributed by atoms with Gasteiger partial charge in [0.05, 0.1) is 19.3 Å². The van der Waals surface area contributed by atoms with Crippen LogP contribution in [0, 0.1) is 6.92 Å². The van der Waals surface area contributed by atoms with Gasteiger partial charge in [-0.15, -0.1) is 0 Å². The zero-order valence-corrected chi connectivity index (χ0v) is 15.8. The molecule has 0 bridgehead atoms. The fourth-order valence-corrected chi connectivity index (χ4v) is 2.45. The average molecular weight is 357 g/mol. The summed E-state index contributed by atoms with van der Waals surface area (Å²) in [5.74, 6) is 0. The molecule has 0 aliphatic carbocycles. The topological polar surface area (TPSA) is 73.6 Å². The first-order valence-electron chi connectivity index (χ1n) is 8.25. The third-order valence-electron chi connectivity index (χ3n) is 3.35. The first kappa shape index (κ1) is 20.7. The second-order valence-electron chi connectivity index (χ2n) is 6.80. The summed E-state index contributed by atoms with van der Waals surface area (Å²) in [4.78, 5) is 11.6. The Hall–Kier alpha value is -1.30. The summed E-state index contributed by atoms with van der Waals surface area (Å²) in [6.07, 6.45) is 0.908. The lowest BCUT2D eigenvalue weighted by Crippen LogP contribution is -2.41. The molecule has 0 aliphatic heterocycles. The fourth-order valence-electron chi connectivity index (χ4n) is 2.27. The normalized spacial score (nSPS) is 12.8. The molecule has 1 rings (SSSR count). The molecule has 0 fully saturated rings. The van der Waals surface area contributed by atoms with E-state index in [0.717, 1.165) is 17.5 Å². The number of hydrogen-bond donors (Lipinski definition) is 2. The maximum absolute atomic E-state index is 11.6. The van der Waals surface area contributed by atoms with Crippen LogP contribution < -0.4 is 11.1 Å². The number of carbonyl (C=O) groups excluding carboxylic acids is 1. The van der Waals surface area contributed by atoms with Crippen LogP contribution in [0.1, 0.15) is 50.8 Å². The molecule has 0 saturated carbocycles. The predicted octanol–water partition coefficient (Wildman–Crippen LogP) is 3.97. The molecule has 1 aromatic carbocycles. The number of nitrogens with one attached hydrogen (secondary N) is 1. The van der Waals surface area contributed by atoms with Crippen molar-refractivity contribution in [2.45, 2.75) is 52.2 Å². The number of amides is 1. The van der Waals surface area contributed by atoms with Gasteiger partial charge in [-0.05, 0) is 63.8 Å². The van der Waals surface area contributed by atoms with Crippen LogP contribution in [0.2, 0.25) is 5.02 Å². The molecule has 0 aliphatic rings. The lowest BCUT2D eigenvalue weighted by Gasteiger charge is -2.21. The number of benzene rings is 1. The molecular formula is C18H29ClN2O3. The summed E-state index contributed by atoms with van der Waals surface area (Å²) >= 11 is 6.10. The van der Waals surface area contributed by atoms with Crippen molar-refractivity contribution < 1.29 is 14.3 Å². The van der Waals surface area contributed by atoms with Crippen molar-refractivity contribution in [2.24, 2.45) is 5.73 Å². The lowest BCUT2D eigenvalue weighted by molar-refractivity contribution is 0.0448. The van der Waals surface area contributed by atoms with E-state index in [1.807, 2.05) is 45.9 Å². The van der Waals surface area contributed by atoms with E-state index in [0.29, 0.717) is 31.2 Å². The van der Waals surface area contributed by atoms with E-state index in [1.165, 1.54) is 0 Å². The van der Waals surface area contributed by atoms with E-state index >= 15 is 0 Å². The molecule has 3 N–H and O–H groups in total. The molecule has 1 aromatic rings. The Morgan fingerprint density at radius 2 is 2.04 bits per heavy atom. The van der Waals surface area contributed by atoms with Crippen LogP contribution in [0.5, 0.6) is 0 Å². The van der Waals surface area contributed by atoms with E-state index in [9.17, 15) is 4.79 Å². The number of ether oxygens (including phenoxy) is 2.